The first-order valence-corrected chi connectivity index (χ1v) is 5.99. The SMILES string of the molecule is CC(C)COCCOc1cc(Cl)nc(C(F)(F)F)n1. The van der Waals surface area contributed by atoms with Gasteiger partial charge in [-0.1, -0.05) is 25.4 Å². The fraction of sp³-hybridized carbons (Fsp3) is 0.636. The van der Waals surface area contributed by atoms with E-state index in [0.29, 0.717) is 12.5 Å². The molecular weight excluding hydrogens is 285 g/mol. The topological polar surface area (TPSA) is 44.2 Å². The molecule has 0 aliphatic heterocycles. The van der Waals surface area contributed by atoms with Gasteiger partial charge in [0.2, 0.25) is 11.7 Å². The van der Waals surface area contributed by atoms with Crippen LogP contribution in [0.4, 0.5) is 13.2 Å². The van der Waals surface area contributed by atoms with Crippen LogP contribution >= 0.6 is 11.6 Å². The van der Waals surface area contributed by atoms with Crippen molar-refractivity contribution in [3.05, 3.63) is 17.0 Å². The Morgan fingerprint density at radius 1 is 1.26 bits per heavy atom. The number of alkyl halides is 3. The summed E-state index contributed by atoms with van der Waals surface area (Å²) in [5, 5.41) is -0.319. The minimum atomic E-state index is -4.66. The molecule has 1 aromatic rings. The molecule has 0 atom stereocenters. The fourth-order valence-electron chi connectivity index (χ4n) is 1.12. The molecule has 0 saturated heterocycles. The maximum Gasteiger partial charge on any atom is 0.451 e. The second kappa shape index (κ2) is 6.91. The van der Waals surface area contributed by atoms with Gasteiger partial charge in [-0.3, -0.25) is 0 Å². The van der Waals surface area contributed by atoms with Gasteiger partial charge in [0.15, 0.2) is 0 Å². The van der Waals surface area contributed by atoms with E-state index in [4.69, 9.17) is 21.1 Å². The first-order chi connectivity index (χ1) is 8.79. The molecule has 0 unspecified atom stereocenters. The maximum absolute atomic E-state index is 12.4. The molecule has 0 saturated carbocycles. The minimum Gasteiger partial charge on any atom is -0.475 e. The van der Waals surface area contributed by atoms with Crippen LogP contribution in [0.3, 0.4) is 0 Å². The molecule has 0 aliphatic carbocycles. The highest BCUT2D eigenvalue weighted by Gasteiger charge is 2.35. The van der Waals surface area contributed by atoms with Crippen LogP contribution in [0.15, 0.2) is 6.07 Å². The van der Waals surface area contributed by atoms with E-state index < -0.39 is 12.0 Å². The Labute approximate surface area is 113 Å². The second-order valence-electron chi connectivity index (χ2n) is 4.17. The molecule has 19 heavy (non-hydrogen) atoms. The molecule has 1 aromatic heterocycles. The molecule has 108 valence electrons. The number of aromatic nitrogens is 2. The van der Waals surface area contributed by atoms with E-state index in [-0.39, 0.29) is 24.2 Å². The molecule has 0 radical (unpaired) electrons. The average Bonchev–Trinajstić information content (AvgIpc) is 2.26. The summed E-state index contributed by atoms with van der Waals surface area (Å²) in [6, 6.07) is 1.12. The largest absolute Gasteiger partial charge is 0.475 e. The lowest BCUT2D eigenvalue weighted by Gasteiger charge is -2.10. The summed E-state index contributed by atoms with van der Waals surface area (Å²) in [4.78, 5) is 6.33. The number of rotatable bonds is 6. The number of ether oxygens (including phenoxy) is 2. The van der Waals surface area contributed by atoms with Gasteiger partial charge >= 0.3 is 6.18 Å². The van der Waals surface area contributed by atoms with Crippen LogP contribution in [0.5, 0.6) is 5.88 Å². The summed E-state index contributed by atoms with van der Waals surface area (Å²) in [6.45, 7) is 4.89. The monoisotopic (exact) mass is 298 g/mol. The van der Waals surface area contributed by atoms with Crippen LogP contribution in [0.2, 0.25) is 5.15 Å². The van der Waals surface area contributed by atoms with Crippen molar-refractivity contribution < 1.29 is 22.6 Å². The summed E-state index contributed by atoms with van der Waals surface area (Å²) < 4.78 is 47.5. The second-order valence-corrected chi connectivity index (χ2v) is 4.55. The van der Waals surface area contributed by atoms with E-state index in [2.05, 4.69) is 9.97 Å². The van der Waals surface area contributed by atoms with Gasteiger partial charge in [0.25, 0.3) is 0 Å². The molecule has 0 aromatic carbocycles. The number of halogens is 4. The van der Waals surface area contributed by atoms with Gasteiger partial charge in [-0.15, -0.1) is 0 Å². The summed E-state index contributed by atoms with van der Waals surface area (Å²) in [5.41, 5.74) is 0. The van der Waals surface area contributed by atoms with Crippen LogP contribution < -0.4 is 4.74 Å². The molecule has 0 aliphatic rings. The molecule has 8 heteroatoms. The van der Waals surface area contributed by atoms with Crippen LogP contribution in [-0.4, -0.2) is 29.8 Å². The molecular formula is C11H14ClF3N2O2. The maximum atomic E-state index is 12.4. The highest BCUT2D eigenvalue weighted by Crippen LogP contribution is 2.28. The third-order valence-corrected chi connectivity index (χ3v) is 2.05. The third kappa shape index (κ3) is 6.07. The number of hydrogen-bond donors (Lipinski definition) is 0. The first-order valence-electron chi connectivity index (χ1n) is 5.61. The summed E-state index contributed by atoms with van der Waals surface area (Å²) >= 11 is 5.48. The Hall–Kier alpha value is -1.08. The number of hydrogen-bond acceptors (Lipinski definition) is 4. The molecule has 0 fully saturated rings. The predicted octanol–water partition coefficient (Wildman–Crippen LogP) is 3.20. The predicted molar refractivity (Wildman–Crippen MR) is 63.2 cm³/mol. The van der Waals surface area contributed by atoms with Crippen LogP contribution in [0, 0.1) is 5.92 Å². The van der Waals surface area contributed by atoms with Crippen LogP contribution in [0.25, 0.3) is 0 Å². The molecule has 0 bridgehead atoms. The van der Waals surface area contributed by atoms with Crippen molar-refractivity contribution in [2.24, 2.45) is 5.92 Å². The van der Waals surface area contributed by atoms with E-state index in [9.17, 15) is 13.2 Å². The van der Waals surface area contributed by atoms with Crippen LogP contribution in [-0.2, 0) is 10.9 Å². The highest BCUT2D eigenvalue weighted by atomic mass is 35.5. The zero-order valence-electron chi connectivity index (χ0n) is 10.5. The smallest absolute Gasteiger partial charge is 0.451 e. The fourth-order valence-corrected chi connectivity index (χ4v) is 1.30. The summed E-state index contributed by atoms with van der Waals surface area (Å²) in [7, 11) is 0. The van der Waals surface area contributed by atoms with Crippen molar-refractivity contribution in [2.75, 3.05) is 19.8 Å². The normalized spacial score (nSPS) is 11.9. The van der Waals surface area contributed by atoms with Crippen molar-refractivity contribution >= 4 is 11.6 Å². The number of nitrogens with zero attached hydrogens (tertiary/aromatic N) is 2. The van der Waals surface area contributed by atoms with Crippen molar-refractivity contribution in [3.63, 3.8) is 0 Å². The average molecular weight is 299 g/mol. The van der Waals surface area contributed by atoms with E-state index in [1.54, 1.807) is 0 Å². The van der Waals surface area contributed by atoms with E-state index in [1.807, 2.05) is 13.8 Å². The lowest BCUT2D eigenvalue weighted by atomic mass is 10.2. The van der Waals surface area contributed by atoms with Crippen molar-refractivity contribution in [3.8, 4) is 5.88 Å². The molecule has 0 spiro atoms. The Kier molecular flexibility index (Phi) is 5.81. The van der Waals surface area contributed by atoms with E-state index >= 15 is 0 Å². The van der Waals surface area contributed by atoms with Crippen molar-refractivity contribution in [2.45, 2.75) is 20.0 Å². The Bertz CT molecular complexity index is 413. The lowest BCUT2D eigenvalue weighted by molar-refractivity contribution is -0.145. The Balaban J connectivity index is 2.52. The molecule has 1 heterocycles. The summed E-state index contributed by atoms with van der Waals surface area (Å²) in [6.07, 6.45) is -4.66. The van der Waals surface area contributed by atoms with Gasteiger partial charge in [0.05, 0.1) is 6.61 Å². The molecule has 0 amide bonds. The highest BCUT2D eigenvalue weighted by molar-refractivity contribution is 6.29. The van der Waals surface area contributed by atoms with Gasteiger partial charge in [-0.25, -0.2) is 4.98 Å². The molecule has 1 rings (SSSR count). The first kappa shape index (κ1) is 16.0. The summed E-state index contributed by atoms with van der Waals surface area (Å²) in [5.74, 6) is -1.16. The standard InChI is InChI=1S/C11H14ClF3N2O2/c1-7(2)6-18-3-4-19-9-5-8(12)16-10(17-9)11(13,14)15/h5,7H,3-4,6H2,1-2H3. The van der Waals surface area contributed by atoms with Crippen molar-refractivity contribution in [1.82, 2.24) is 9.97 Å². The molecule has 4 nitrogen and oxygen atoms in total. The van der Waals surface area contributed by atoms with Crippen molar-refractivity contribution in [1.29, 1.82) is 0 Å². The van der Waals surface area contributed by atoms with Gasteiger partial charge < -0.3 is 9.47 Å². The van der Waals surface area contributed by atoms with Gasteiger partial charge in [0, 0.05) is 12.7 Å². The van der Waals surface area contributed by atoms with Gasteiger partial charge in [-0.2, -0.15) is 18.2 Å². The zero-order chi connectivity index (χ0) is 14.5. The quantitative estimate of drug-likeness (QED) is 0.597. The minimum absolute atomic E-state index is 0.0946. The van der Waals surface area contributed by atoms with Gasteiger partial charge in [-0.05, 0) is 5.92 Å². The Morgan fingerprint density at radius 3 is 2.53 bits per heavy atom. The van der Waals surface area contributed by atoms with Gasteiger partial charge in [0.1, 0.15) is 11.8 Å². The zero-order valence-corrected chi connectivity index (χ0v) is 11.3. The van der Waals surface area contributed by atoms with E-state index in [0.717, 1.165) is 6.07 Å². The Morgan fingerprint density at radius 2 is 1.95 bits per heavy atom. The van der Waals surface area contributed by atoms with Crippen LogP contribution in [0.1, 0.15) is 19.7 Å². The third-order valence-electron chi connectivity index (χ3n) is 1.85. The lowest BCUT2D eigenvalue weighted by Crippen LogP contribution is -2.14. The van der Waals surface area contributed by atoms with E-state index in [1.165, 1.54) is 0 Å². The molecule has 0 N–H and O–H groups in total.